The SMILES string of the molecule is CC(=O)c1ccccc1NC(=O)CN(C)Cc1ccsc1. The molecule has 0 radical (unpaired) electrons. The molecule has 0 aliphatic heterocycles. The molecule has 4 nitrogen and oxygen atoms in total. The molecule has 0 aliphatic rings. The Kier molecular flexibility index (Phi) is 5.25. The predicted molar refractivity (Wildman–Crippen MR) is 85.7 cm³/mol. The first-order chi connectivity index (χ1) is 10.1. The highest BCUT2D eigenvalue weighted by molar-refractivity contribution is 7.07. The first kappa shape index (κ1) is 15.4. The van der Waals surface area contributed by atoms with Crippen LogP contribution < -0.4 is 5.32 Å². The molecule has 0 saturated heterocycles. The standard InChI is InChI=1S/C16H18N2O2S/c1-12(19)14-5-3-4-6-15(14)17-16(20)10-18(2)9-13-7-8-21-11-13/h3-8,11H,9-10H2,1-2H3,(H,17,20). The number of carbonyl (C=O) groups excluding carboxylic acids is 2. The highest BCUT2D eigenvalue weighted by Crippen LogP contribution is 2.15. The van der Waals surface area contributed by atoms with Crippen molar-refractivity contribution >= 4 is 28.7 Å². The first-order valence-corrected chi connectivity index (χ1v) is 7.60. The summed E-state index contributed by atoms with van der Waals surface area (Å²) >= 11 is 1.64. The lowest BCUT2D eigenvalue weighted by atomic mass is 10.1. The fraction of sp³-hybridized carbons (Fsp3) is 0.250. The van der Waals surface area contributed by atoms with Crippen LogP contribution in [0.3, 0.4) is 0 Å². The number of Topliss-reactive ketones (excluding diaryl/α,β-unsaturated/α-hetero) is 1. The fourth-order valence-corrected chi connectivity index (χ4v) is 2.74. The lowest BCUT2D eigenvalue weighted by Crippen LogP contribution is -2.30. The van der Waals surface area contributed by atoms with Gasteiger partial charge in [0.05, 0.1) is 12.2 Å². The quantitative estimate of drug-likeness (QED) is 0.835. The van der Waals surface area contributed by atoms with Crippen LogP contribution in [-0.4, -0.2) is 30.2 Å². The van der Waals surface area contributed by atoms with Gasteiger partial charge in [0, 0.05) is 12.1 Å². The van der Waals surface area contributed by atoms with E-state index in [1.807, 2.05) is 23.4 Å². The van der Waals surface area contributed by atoms with Crippen LogP contribution in [0.5, 0.6) is 0 Å². The Hall–Kier alpha value is -1.98. The summed E-state index contributed by atoms with van der Waals surface area (Å²) in [6.45, 7) is 2.50. The highest BCUT2D eigenvalue weighted by atomic mass is 32.1. The monoisotopic (exact) mass is 302 g/mol. The number of benzene rings is 1. The summed E-state index contributed by atoms with van der Waals surface area (Å²) in [6.07, 6.45) is 0. The summed E-state index contributed by atoms with van der Waals surface area (Å²) in [5.41, 5.74) is 2.30. The zero-order chi connectivity index (χ0) is 15.2. The summed E-state index contributed by atoms with van der Waals surface area (Å²) in [5, 5.41) is 6.89. The van der Waals surface area contributed by atoms with E-state index in [0.717, 1.165) is 6.54 Å². The number of amides is 1. The average Bonchev–Trinajstić information content (AvgIpc) is 2.91. The van der Waals surface area contributed by atoms with Gasteiger partial charge in [0.2, 0.25) is 5.91 Å². The van der Waals surface area contributed by atoms with E-state index < -0.39 is 0 Å². The minimum Gasteiger partial charge on any atom is -0.324 e. The Morgan fingerprint density at radius 3 is 2.67 bits per heavy atom. The van der Waals surface area contributed by atoms with Gasteiger partial charge in [-0.15, -0.1) is 0 Å². The van der Waals surface area contributed by atoms with E-state index in [0.29, 0.717) is 11.3 Å². The van der Waals surface area contributed by atoms with Gasteiger partial charge in [-0.25, -0.2) is 0 Å². The Labute approximate surface area is 128 Å². The lowest BCUT2D eigenvalue weighted by molar-refractivity contribution is -0.117. The maximum Gasteiger partial charge on any atom is 0.238 e. The van der Waals surface area contributed by atoms with Crippen molar-refractivity contribution in [1.82, 2.24) is 4.90 Å². The van der Waals surface area contributed by atoms with Crippen LogP contribution in [0.15, 0.2) is 41.1 Å². The number of nitrogens with one attached hydrogen (secondary N) is 1. The number of nitrogens with zero attached hydrogens (tertiary/aromatic N) is 1. The molecule has 0 atom stereocenters. The van der Waals surface area contributed by atoms with Gasteiger partial charge >= 0.3 is 0 Å². The van der Waals surface area contributed by atoms with Crippen LogP contribution in [0.25, 0.3) is 0 Å². The molecule has 1 aromatic carbocycles. The van der Waals surface area contributed by atoms with E-state index in [1.165, 1.54) is 12.5 Å². The van der Waals surface area contributed by atoms with E-state index in [1.54, 1.807) is 35.6 Å². The largest absolute Gasteiger partial charge is 0.324 e. The minimum atomic E-state index is -0.124. The molecule has 0 saturated carbocycles. The van der Waals surface area contributed by atoms with E-state index in [2.05, 4.69) is 10.7 Å². The summed E-state index contributed by atoms with van der Waals surface area (Å²) < 4.78 is 0. The molecule has 0 fully saturated rings. The maximum atomic E-state index is 12.1. The molecule has 0 unspecified atom stereocenters. The Balaban J connectivity index is 1.94. The molecular weight excluding hydrogens is 284 g/mol. The number of hydrogen-bond donors (Lipinski definition) is 1. The Morgan fingerprint density at radius 1 is 1.24 bits per heavy atom. The molecule has 21 heavy (non-hydrogen) atoms. The summed E-state index contributed by atoms with van der Waals surface area (Å²) in [4.78, 5) is 25.5. The average molecular weight is 302 g/mol. The lowest BCUT2D eigenvalue weighted by Gasteiger charge is -2.16. The van der Waals surface area contributed by atoms with Crippen LogP contribution >= 0.6 is 11.3 Å². The van der Waals surface area contributed by atoms with Crippen LogP contribution in [0.4, 0.5) is 5.69 Å². The molecule has 5 heteroatoms. The molecule has 1 aromatic heterocycles. The third-order valence-electron chi connectivity index (χ3n) is 3.03. The van der Waals surface area contributed by atoms with Gasteiger partial charge < -0.3 is 5.32 Å². The molecule has 0 spiro atoms. The van der Waals surface area contributed by atoms with Crippen molar-refractivity contribution in [2.75, 3.05) is 18.9 Å². The minimum absolute atomic E-state index is 0.0578. The number of hydrogen-bond acceptors (Lipinski definition) is 4. The van der Waals surface area contributed by atoms with Crippen LogP contribution in [0.2, 0.25) is 0 Å². The van der Waals surface area contributed by atoms with Crippen LogP contribution in [-0.2, 0) is 11.3 Å². The third-order valence-corrected chi connectivity index (χ3v) is 3.76. The zero-order valence-electron chi connectivity index (χ0n) is 12.1. The van der Waals surface area contributed by atoms with Gasteiger partial charge in [0.15, 0.2) is 5.78 Å². The van der Waals surface area contributed by atoms with Gasteiger partial charge in [-0.1, -0.05) is 12.1 Å². The van der Waals surface area contributed by atoms with E-state index in [9.17, 15) is 9.59 Å². The van der Waals surface area contributed by atoms with Crippen molar-refractivity contribution in [3.63, 3.8) is 0 Å². The second-order valence-corrected chi connectivity index (χ2v) is 5.73. The number of ketones is 1. The summed E-state index contributed by atoms with van der Waals surface area (Å²) in [5.74, 6) is -0.182. The molecule has 1 N–H and O–H groups in total. The predicted octanol–water partition coefficient (Wildman–Crippen LogP) is 3.02. The van der Waals surface area contributed by atoms with E-state index in [-0.39, 0.29) is 18.2 Å². The third kappa shape index (κ3) is 4.51. The van der Waals surface area contributed by atoms with Crippen LogP contribution in [0.1, 0.15) is 22.8 Å². The van der Waals surface area contributed by atoms with Crippen molar-refractivity contribution in [3.8, 4) is 0 Å². The van der Waals surface area contributed by atoms with Gasteiger partial charge in [0.25, 0.3) is 0 Å². The number of rotatable bonds is 6. The van der Waals surface area contributed by atoms with Crippen molar-refractivity contribution in [1.29, 1.82) is 0 Å². The molecule has 0 bridgehead atoms. The van der Waals surface area contributed by atoms with E-state index in [4.69, 9.17) is 0 Å². The van der Waals surface area contributed by atoms with Crippen LogP contribution in [0, 0.1) is 0 Å². The van der Waals surface area contributed by atoms with Gasteiger partial charge in [-0.3, -0.25) is 14.5 Å². The molecule has 1 amide bonds. The van der Waals surface area contributed by atoms with Gasteiger partial charge in [0.1, 0.15) is 0 Å². The fourth-order valence-electron chi connectivity index (χ4n) is 2.08. The summed E-state index contributed by atoms with van der Waals surface area (Å²) in [7, 11) is 1.90. The molecule has 1 heterocycles. The van der Waals surface area contributed by atoms with Gasteiger partial charge in [-0.2, -0.15) is 11.3 Å². The number of anilines is 1. The highest BCUT2D eigenvalue weighted by Gasteiger charge is 2.11. The van der Waals surface area contributed by atoms with E-state index >= 15 is 0 Å². The molecule has 2 aromatic rings. The maximum absolute atomic E-state index is 12.1. The zero-order valence-corrected chi connectivity index (χ0v) is 12.9. The summed E-state index contributed by atoms with van der Waals surface area (Å²) in [6, 6.07) is 9.09. The molecule has 2 rings (SSSR count). The van der Waals surface area contributed by atoms with Crippen molar-refractivity contribution < 1.29 is 9.59 Å². The van der Waals surface area contributed by atoms with Crippen molar-refractivity contribution in [2.24, 2.45) is 0 Å². The number of carbonyl (C=O) groups is 2. The molecule has 0 aliphatic carbocycles. The Bertz CT molecular complexity index is 623. The topological polar surface area (TPSA) is 49.4 Å². The number of likely N-dealkylation sites (N-methyl/N-ethyl adjacent to an activating group) is 1. The number of thiophene rings is 1. The normalized spacial score (nSPS) is 10.6. The molecular formula is C16H18N2O2S. The van der Waals surface area contributed by atoms with Gasteiger partial charge in [-0.05, 0) is 48.5 Å². The smallest absolute Gasteiger partial charge is 0.238 e. The van der Waals surface area contributed by atoms with Crippen molar-refractivity contribution in [3.05, 3.63) is 52.2 Å². The second-order valence-electron chi connectivity index (χ2n) is 4.95. The molecule has 110 valence electrons. The Morgan fingerprint density at radius 2 is 2.00 bits per heavy atom. The van der Waals surface area contributed by atoms with Crippen molar-refractivity contribution in [2.45, 2.75) is 13.5 Å². The first-order valence-electron chi connectivity index (χ1n) is 6.65. The number of para-hydroxylation sites is 1. The second kappa shape index (κ2) is 7.15.